The molecule has 0 N–H and O–H groups in total. The van der Waals surface area contributed by atoms with Crippen molar-refractivity contribution in [2.24, 2.45) is 0 Å². The lowest BCUT2D eigenvalue weighted by atomic mass is 10.1. The van der Waals surface area contributed by atoms with Crippen molar-refractivity contribution in [3.05, 3.63) is 45.5 Å². The number of nitro groups is 1. The predicted octanol–water partition coefficient (Wildman–Crippen LogP) is 4.56. The zero-order valence-corrected chi connectivity index (χ0v) is 22.1. The summed E-state index contributed by atoms with van der Waals surface area (Å²) >= 11 is 1.35. The zero-order valence-electron chi connectivity index (χ0n) is 20.5. The molecule has 0 aliphatic rings. The number of ether oxygens (including phenoxy) is 3. The summed E-state index contributed by atoms with van der Waals surface area (Å²) in [5.74, 6) is 0.458. The standard InChI is InChI=1S/C23H28N4O6S.ClH/c1-14-8-9-17(31-4)20-21(14)34-23(24-20)26(11-7-10-25(2)3)22(28)15-12-18(32-5)19(33-6)13-16(15)27(29)30;/h8-9,12-13H,7,10-11H2,1-6H3;1H. The Labute approximate surface area is 214 Å². The minimum Gasteiger partial charge on any atom is -0.494 e. The van der Waals surface area contributed by atoms with E-state index in [4.69, 9.17) is 19.2 Å². The van der Waals surface area contributed by atoms with Gasteiger partial charge >= 0.3 is 0 Å². The van der Waals surface area contributed by atoms with Gasteiger partial charge in [-0.05, 0) is 45.6 Å². The van der Waals surface area contributed by atoms with E-state index in [1.807, 2.05) is 38.1 Å². The summed E-state index contributed by atoms with van der Waals surface area (Å²) in [6.45, 7) is 3.01. The number of hydrogen-bond donors (Lipinski definition) is 0. The van der Waals surface area contributed by atoms with Crippen molar-refractivity contribution in [3.63, 3.8) is 0 Å². The monoisotopic (exact) mass is 524 g/mol. The van der Waals surface area contributed by atoms with Crippen molar-refractivity contribution >= 4 is 50.7 Å². The smallest absolute Gasteiger partial charge is 0.286 e. The number of nitrogens with zero attached hydrogens (tertiary/aromatic N) is 4. The number of carbonyl (C=O) groups is 1. The Balaban J connectivity index is 0.00000432. The highest BCUT2D eigenvalue weighted by Gasteiger charge is 2.30. The van der Waals surface area contributed by atoms with E-state index in [0.717, 1.165) is 16.8 Å². The molecule has 3 aromatic rings. The van der Waals surface area contributed by atoms with E-state index < -0.39 is 10.8 Å². The number of halogens is 1. The van der Waals surface area contributed by atoms with E-state index in [1.54, 1.807) is 7.11 Å². The molecule has 0 radical (unpaired) electrons. The van der Waals surface area contributed by atoms with E-state index in [-0.39, 0.29) is 35.2 Å². The molecule has 0 atom stereocenters. The third-order valence-corrected chi connectivity index (χ3v) is 6.52. The first-order valence-electron chi connectivity index (χ1n) is 10.5. The highest BCUT2D eigenvalue weighted by Crippen LogP contribution is 2.39. The van der Waals surface area contributed by atoms with E-state index in [2.05, 4.69) is 0 Å². The van der Waals surface area contributed by atoms with Crippen LogP contribution in [-0.2, 0) is 0 Å². The Bertz CT molecular complexity index is 1220. The Morgan fingerprint density at radius 3 is 2.26 bits per heavy atom. The predicted molar refractivity (Wildman–Crippen MR) is 139 cm³/mol. The number of aromatic nitrogens is 1. The second-order valence-electron chi connectivity index (χ2n) is 7.85. The third kappa shape index (κ3) is 5.92. The normalized spacial score (nSPS) is 10.7. The summed E-state index contributed by atoms with van der Waals surface area (Å²) in [4.78, 5) is 33.2. The van der Waals surface area contributed by atoms with Crippen LogP contribution in [0.2, 0.25) is 0 Å². The molecule has 0 aliphatic heterocycles. The molecule has 1 aromatic heterocycles. The number of anilines is 1. The molecule has 2 aromatic carbocycles. The van der Waals surface area contributed by atoms with Crippen molar-refractivity contribution in [1.82, 2.24) is 9.88 Å². The van der Waals surface area contributed by atoms with Crippen LogP contribution in [0.15, 0.2) is 24.3 Å². The zero-order chi connectivity index (χ0) is 25.0. The second kappa shape index (κ2) is 12.0. The number of amides is 1. The van der Waals surface area contributed by atoms with Crippen molar-refractivity contribution in [2.75, 3.05) is 53.4 Å². The first kappa shape index (κ1) is 28.1. The van der Waals surface area contributed by atoms with Crippen molar-refractivity contribution in [2.45, 2.75) is 13.3 Å². The molecule has 1 amide bonds. The van der Waals surface area contributed by atoms with Gasteiger partial charge < -0.3 is 19.1 Å². The summed E-state index contributed by atoms with van der Waals surface area (Å²) in [5, 5.41) is 12.3. The average Bonchev–Trinajstić information content (AvgIpc) is 3.26. The molecule has 0 aliphatic carbocycles. The summed E-state index contributed by atoms with van der Waals surface area (Å²) < 4.78 is 16.8. The maximum Gasteiger partial charge on any atom is 0.286 e. The number of benzene rings is 2. The van der Waals surface area contributed by atoms with E-state index in [9.17, 15) is 14.9 Å². The Morgan fingerprint density at radius 2 is 1.69 bits per heavy atom. The van der Waals surface area contributed by atoms with Crippen LogP contribution in [-0.4, -0.2) is 69.2 Å². The first-order chi connectivity index (χ1) is 16.2. The van der Waals surface area contributed by atoms with Crippen LogP contribution in [0.4, 0.5) is 10.8 Å². The highest BCUT2D eigenvalue weighted by atomic mass is 35.5. The molecule has 0 fully saturated rings. The van der Waals surface area contributed by atoms with E-state index in [1.165, 1.54) is 42.6 Å². The van der Waals surface area contributed by atoms with Crippen LogP contribution in [0.25, 0.3) is 10.2 Å². The average molecular weight is 525 g/mol. The fraction of sp³-hybridized carbons (Fsp3) is 0.391. The van der Waals surface area contributed by atoms with Crippen LogP contribution in [0, 0.1) is 17.0 Å². The lowest BCUT2D eigenvalue weighted by molar-refractivity contribution is -0.385. The number of fused-ring (bicyclic) bond motifs is 1. The SMILES string of the molecule is COc1cc(C(=O)N(CCCN(C)C)c2nc3c(OC)ccc(C)c3s2)c([N+](=O)[O-])cc1OC.Cl. The number of hydrogen-bond acceptors (Lipinski definition) is 9. The Hall–Kier alpha value is -3.15. The van der Waals surface area contributed by atoms with Gasteiger partial charge in [0.1, 0.15) is 16.8 Å². The number of nitro benzene ring substituents is 1. The van der Waals surface area contributed by atoms with Gasteiger partial charge in [-0.1, -0.05) is 17.4 Å². The summed E-state index contributed by atoms with van der Waals surface area (Å²) in [7, 11) is 8.24. The number of aryl methyl sites for hydroxylation is 1. The topological polar surface area (TPSA) is 107 Å². The van der Waals surface area contributed by atoms with Crippen molar-refractivity contribution in [3.8, 4) is 17.2 Å². The molecule has 0 saturated carbocycles. The first-order valence-corrected chi connectivity index (χ1v) is 11.3. The molecule has 35 heavy (non-hydrogen) atoms. The van der Waals surface area contributed by atoms with Gasteiger partial charge in [-0.3, -0.25) is 19.8 Å². The van der Waals surface area contributed by atoms with Gasteiger partial charge in [0.2, 0.25) is 0 Å². The fourth-order valence-corrected chi connectivity index (χ4v) is 4.62. The van der Waals surface area contributed by atoms with Gasteiger partial charge in [-0.2, -0.15) is 0 Å². The van der Waals surface area contributed by atoms with Crippen LogP contribution in [0.1, 0.15) is 22.3 Å². The van der Waals surface area contributed by atoms with E-state index in [0.29, 0.717) is 29.4 Å². The molecule has 0 unspecified atom stereocenters. The Kier molecular flexibility index (Phi) is 9.64. The lowest BCUT2D eigenvalue weighted by Crippen LogP contribution is -2.34. The van der Waals surface area contributed by atoms with Gasteiger partial charge in [0, 0.05) is 12.6 Å². The molecule has 12 heteroatoms. The molecule has 0 bridgehead atoms. The summed E-state index contributed by atoms with van der Waals surface area (Å²) in [6, 6.07) is 6.31. The van der Waals surface area contributed by atoms with Crippen molar-refractivity contribution in [1.29, 1.82) is 0 Å². The van der Waals surface area contributed by atoms with E-state index >= 15 is 0 Å². The highest BCUT2D eigenvalue weighted by molar-refractivity contribution is 7.22. The second-order valence-corrected chi connectivity index (χ2v) is 8.83. The van der Waals surface area contributed by atoms with Gasteiger partial charge in [0.25, 0.3) is 11.6 Å². The van der Waals surface area contributed by atoms with Crippen molar-refractivity contribution < 1.29 is 23.9 Å². The van der Waals surface area contributed by atoms with Crippen LogP contribution in [0.5, 0.6) is 17.2 Å². The quantitative estimate of drug-likeness (QED) is 0.280. The number of methoxy groups -OCH3 is 3. The lowest BCUT2D eigenvalue weighted by Gasteiger charge is -2.21. The molecule has 3 rings (SSSR count). The molecular weight excluding hydrogens is 496 g/mol. The molecule has 190 valence electrons. The fourth-order valence-electron chi connectivity index (χ4n) is 3.54. The maximum absolute atomic E-state index is 13.8. The van der Waals surface area contributed by atoms with Gasteiger partial charge in [-0.15, -0.1) is 12.4 Å². The molecule has 0 saturated heterocycles. The Morgan fingerprint density at radius 1 is 1.06 bits per heavy atom. The van der Waals surface area contributed by atoms with Crippen LogP contribution >= 0.6 is 23.7 Å². The molecule has 10 nitrogen and oxygen atoms in total. The van der Waals surface area contributed by atoms with Crippen LogP contribution in [0.3, 0.4) is 0 Å². The number of thiazole rings is 1. The molecule has 0 spiro atoms. The third-order valence-electron chi connectivity index (χ3n) is 5.30. The molecule has 1 heterocycles. The summed E-state index contributed by atoms with van der Waals surface area (Å²) in [5.41, 5.74) is 1.18. The minimum absolute atomic E-state index is 0. The van der Waals surface area contributed by atoms with Gasteiger partial charge in [0.15, 0.2) is 16.6 Å². The summed E-state index contributed by atoms with van der Waals surface area (Å²) in [6.07, 6.45) is 0.645. The van der Waals surface area contributed by atoms with Crippen LogP contribution < -0.4 is 19.1 Å². The number of carbonyl (C=O) groups excluding carboxylic acids is 1. The maximum atomic E-state index is 13.8. The largest absolute Gasteiger partial charge is 0.494 e. The molecular formula is C23H29ClN4O6S. The number of rotatable bonds is 10. The van der Waals surface area contributed by atoms with Gasteiger partial charge in [-0.25, -0.2) is 4.98 Å². The van der Waals surface area contributed by atoms with Gasteiger partial charge in [0.05, 0.1) is 37.0 Å². The minimum atomic E-state index is -0.598.